The van der Waals surface area contributed by atoms with Crippen LogP contribution in [0.3, 0.4) is 0 Å². The first-order valence-corrected chi connectivity index (χ1v) is 13.4. The van der Waals surface area contributed by atoms with E-state index in [1.165, 1.54) is 16.7 Å². The fourth-order valence-corrected chi connectivity index (χ4v) is 4.78. The van der Waals surface area contributed by atoms with Gasteiger partial charge >= 0.3 is 0 Å². The van der Waals surface area contributed by atoms with E-state index in [1.807, 2.05) is 46.8 Å². The number of aliphatic hydroxyl groups is 2. The summed E-state index contributed by atoms with van der Waals surface area (Å²) < 4.78 is 17.0. The molecule has 0 aliphatic carbocycles. The molecule has 2 rings (SSSR count). The second-order valence-corrected chi connectivity index (χ2v) is 11.7. The largest absolute Gasteiger partial charge is 0.491 e. The quantitative estimate of drug-likeness (QED) is 0.261. The van der Waals surface area contributed by atoms with Crippen LogP contribution in [0.2, 0.25) is 0 Å². The molecule has 0 amide bonds. The molecule has 0 aromatic heterocycles. The maximum Gasteiger partial charge on any atom is 0.119 e. The topological polar surface area (TPSA) is 94.2 Å². The molecule has 0 radical (unpaired) electrons. The summed E-state index contributed by atoms with van der Waals surface area (Å²) in [5.41, 5.74) is 8.10. The van der Waals surface area contributed by atoms with Crippen LogP contribution in [0.15, 0.2) is 48.5 Å². The van der Waals surface area contributed by atoms with Gasteiger partial charge in [0.25, 0.3) is 0 Å². The van der Waals surface area contributed by atoms with E-state index in [-0.39, 0.29) is 24.4 Å². The molecule has 0 aliphatic rings. The van der Waals surface area contributed by atoms with E-state index in [4.69, 9.17) is 19.9 Å². The highest BCUT2D eigenvalue weighted by Crippen LogP contribution is 2.33. The monoisotopic (exact) mass is 515 g/mol. The van der Waals surface area contributed by atoms with E-state index in [2.05, 4.69) is 50.2 Å². The minimum Gasteiger partial charge on any atom is -0.491 e. The van der Waals surface area contributed by atoms with Gasteiger partial charge < -0.3 is 30.2 Å². The second kappa shape index (κ2) is 13.7. The smallest absolute Gasteiger partial charge is 0.119 e. The van der Waals surface area contributed by atoms with Crippen LogP contribution in [0.5, 0.6) is 5.75 Å². The predicted octanol–water partition coefficient (Wildman–Crippen LogP) is 5.35. The minimum absolute atomic E-state index is 0.156. The van der Waals surface area contributed by atoms with Crippen LogP contribution < -0.4 is 10.5 Å². The summed E-state index contributed by atoms with van der Waals surface area (Å²) in [5, 5.41) is 20.8. The van der Waals surface area contributed by atoms with Crippen molar-refractivity contribution in [1.82, 2.24) is 0 Å². The van der Waals surface area contributed by atoms with E-state index in [0.717, 1.165) is 12.2 Å². The minimum atomic E-state index is -0.594. The highest BCUT2D eigenvalue weighted by Gasteiger charge is 2.25. The van der Waals surface area contributed by atoms with Gasteiger partial charge in [-0.3, -0.25) is 0 Å². The summed E-state index contributed by atoms with van der Waals surface area (Å²) in [5.74, 6) is 0.738. The molecule has 0 fully saturated rings. The summed E-state index contributed by atoms with van der Waals surface area (Å²) in [6.07, 6.45) is 1.53. The Morgan fingerprint density at radius 1 is 0.757 bits per heavy atom. The number of benzene rings is 2. The van der Waals surface area contributed by atoms with Crippen molar-refractivity contribution in [3.05, 3.63) is 65.2 Å². The predicted molar refractivity (Wildman–Crippen MR) is 150 cm³/mol. The summed E-state index contributed by atoms with van der Waals surface area (Å²) in [6.45, 7) is 15.2. The lowest BCUT2D eigenvalue weighted by Crippen LogP contribution is -2.32. The average molecular weight is 516 g/mol. The molecule has 2 aromatic rings. The first-order chi connectivity index (χ1) is 17.3. The third-order valence-electron chi connectivity index (χ3n) is 6.92. The van der Waals surface area contributed by atoms with E-state index in [1.54, 1.807) is 0 Å². The Labute approximate surface area is 224 Å². The van der Waals surface area contributed by atoms with Gasteiger partial charge in [0, 0.05) is 24.9 Å². The van der Waals surface area contributed by atoms with Gasteiger partial charge in [0.15, 0.2) is 0 Å². The molecular weight excluding hydrogens is 466 g/mol. The summed E-state index contributed by atoms with van der Waals surface area (Å²) in [6, 6.07) is 16.7. The molecule has 6 nitrogen and oxygen atoms in total. The lowest BCUT2D eigenvalue weighted by Gasteiger charge is -2.28. The van der Waals surface area contributed by atoms with Gasteiger partial charge in [0.05, 0.1) is 30.1 Å². The lowest BCUT2D eigenvalue weighted by atomic mass is 9.78. The van der Waals surface area contributed by atoms with Gasteiger partial charge in [-0.2, -0.15) is 0 Å². The Kier molecular flexibility index (Phi) is 11.6. The fourth-order valence-electron chi connectivity index (χ4n) is 4.78. The molecule has 0 aliphatic heterocycles. The highest BCUT2D eigenvalue weighted by molar-refractivity contribution is 5.41. The highest BCUT2D eigenvalue weighted by atomic mass is 16.5. The van der Waals surface area contributed by atoms with Gasteiger partial charge in [-0.05, 0) is 76.3 Å². The molecule has 2 aromatic carbocycles. The van der Waals surface area contributed by atoms with E-state index < -0.39 is 17.8 Å². The van der Waals surface area contributed by atoms with E-state index in [0.29, 0.717) is 25.9 Å². The second-order valence-electron chi connectivity index (χ2n) is 11.7. The molecule has 0 bridgehead atoms. The van der Waals surface area contributed by atoms with Crippen molar-refractivity contribution in [2.24, 2.45) is 5.73 Å². The van der Waals surface area contributed by atoms with Gasteiger partial charge in [0.2, 0.25) is 0 Å². The summed E-state index contributed by atoms with van der Waals surface area (Å²) >= 11 is 0. The van der Waals surface area contributed by atoms with Crippen molar-refractivity contribution >= 4 is 0 Å². The summed E-state index contributed by atoms with van der Waals surface area (Å²) in [7, 11) is 0. The molecule has 37 heavy (non-hydrogen) atoms. The van der Waals surface area contributed by atoms with Gasteiger partial charge in [-0.1, -0.05) is 50.2 Å². The number of ether oxygens (including phenoxy) is 3. The van der Waals surface area contributed by atoms with Crippen LogP contribution in [0.1, 0.15) is 84.4 Å². The SMILES string of the molecule is CCOC(C)(C)CC(O)COc1ccc(C(C)(C)c2ccc(CCC(O)CC(C)(C)OCN)cc2)cc1. The number of hydrogen-bond acceptors (Lipinski definition) is 6. The number of nitrogens with two attached hydrogens (primary N) is 1. The third-order valence-corrected chi connectivity index (χ3v) is 6.92. The standard InChI is InChI=1S/C31H49NO5/c1-8-36-29(2,3)20-27(34)21-35-28-17-14-25(15-18-28)31(6,7)24-12-9-23(10-13-24)11-16-26(33)19-30(4,5)37-22-32/h9-10,12-15,17-18,26-27,33-34H,8,11,16,19-22,32H2,1-7H3. The number of aryl methyl sites for hydroxylation is 1. The van der Waals surface area contributed by atoms with Crippen LogP contribution in [0, 0.1) is 0 Å². The third kappa shape index (κ3) is 10.4. The Balaban J connectivity index is 1.92. The average Bonchev–Trinajstić information content (AvgIpc) is 2.81. The van der Waals surface area contributed by atoms with Crippen LogP contribution in [-0.4, -0.2) is 53.6 Å². The van der Waals surface area contributed by atoms with Crippen molar-refractivity contribution < 1.29 is 24.4 Å². The van der Waals surface area contributed by atoms with Crippen molar-refractivity contribution in [1.29, 1.82) is 0 Å². The van der Waals surface area contributed by atoms with Crippen molar-refractivity contribution in [2.45, 2.75) is 103 Å². The zero-order chi connectivity index (χ0) is 27.7. The Morgan fingerprint density at radius 3 is 1.81 bits per heavy atom. The Morgan fingerprint density at radius 2 is 1.27 bits per heavy atom. The lowest BCUT2D eigenvalue weighted by molar-refractivity contribution is -0.0508. The van der Waals surface area contributed by atoms with Crippen molar-refractivity contribution in [2.75, 3.05) is 19.9 Å². The Hall–Kier alpha value is -1.96. The molecule has 0 saturated carbocycles. The summed E-state index contributed by atoms with van der Waals surface area (Å²) in [4.78, 5) is 0. The van der Waals surface area contributed by atoms with Crippen LogP contribution >= 0.6 is 0 Å². The molecule has 0 heterocycles. The fraction of sp³-hybridized carbons (Fsp3) is 0.613. The number of hydrogen-bond donors (Lipinski definition) is 3. The molecule has 208 valence electrons. The first kappa shape index (κ1) is 31.3. The van der Waals surface area contributed by atoms with Crippen LogP contribution in [0.4, 0.5) is 0 Å². The Bertz CT molecular complexity index is 846. The maximum absolute atomic E-state index is 10.4. The number of rotatable bonds is 16. The van der Waals surface area contributed by atoms with Crippen LogP contribution in [-0.2, 0) is 21.3 Å². The zero-order valence-electron chi connectivity index (χ0n) is 23.9. The van der Waals surface area contributed by atoms with Crippen LogP contribution in [0.25, 0.3) is 0 Å². The molecular formula is C31H49NO5. The van der Waals surface area contributed by atoms with Crippen molar-refractivity contribution in [3.63, 3.8) is 0 Å². The molecule has 6 heteroatoms. The normalized spacial score (nSPS) is 14.4. The van der Waals surface area contributed by atoms with Crippen molar-refractivity contribution in [3.8, 4) is 5.75 Å². The molecule has 2 atom stereocenters. The van der Waals surface area contributed by atoms with Gasteiger partial charge in [0.1, 0.15) is 12.4 Å². The molecule has 0 spiro atoms. The zero-order valence-corrected chi connectivity index (χ0v) is 23.9. The number of aliphatic hydroxyl groups excluding tert-OH is 2. The molecule has 0 saturated heterocycles. The van der Waals surface area contributed by atoms with E-state index in [9.17, 15) is 10.2 Å². The van der Waals surface area contributed by atoms with Gasteiger partial charge in [-0.25, -0.2) is 0 Å². The maximum atomic E-state index is 10.4. The first-order valence-electron chi connectivity index (χ1n) is 13.4. The molecule has 4 N–H and O–H groups in total. The molecule has 2 unspecified atom stereocenters. The van der Waals surface area contributed by atoms with E-state index >= 15 is 0 Å². The van der Waals surface area contributed by atoms with Gasteiger partial charge in [-0.15, -0.1) is 0 Å².